The third kappa shape index (κ3) is 3.95. The minimum Gasteiger partial charge on any atom is -0.497 e. The van der Waals surface area contributed by atoms with Crippen LogP contribution in [-0.4, -0.2) is 19.1 Å². The van der Waals surface area contributed by atoms with Crippen LogP contribution in [0.15, 0.2) is 18.2 Å². The smallest absolute Gasteiger partial charge is 0.253 e. The second-order valence-electron chi connectivity index (χ2n) is 4.47. The molecule has 0 bridgehead atoms. The molecule has 0 aromatic heterocycles. The Morgan fingerprint density at radius 3 is 2.78 bits per heavy atom. The molecule has 0 saturated carbocycles. The highest BCUT2D eigenvalue weighted by Crippen LogP contribution is 2.19. The van der Waals surface area contributed by atoms with E-state index in [9.17, 15) is 4.79 Å². The molecule has 0 spiro atoms. The van der Waals surface area contributed by atoms with Gasteiger partial charge in [0.2, 0.25) is 0 Å². The van der Waals surface area contributed by atoms with Crippen LogP contribution in [0, 0.1) is 0 Å². The number of nitrogens with one attached hydrogen (secondary N) is 1. The van der Waals surface area contributed by atoms with Crippen molar-refractivity contribution in [1.82, 2.24) is 5.32 Å². The van der Waals surface area contributed by atoms with E-state index in [4.69, 9.17) is 10.5 Å². The quantitative estimate of drug-likeness (QED) is 0.763. The van der Waals surface area contributed by atoms with Gasteiger partial charge in [0.15, 0.2) is 0 Å². The molecule has 3 N–H and O–H groups in total. The molecule has 1 atom stereocenters. The van der Waals surface area contributed by atoms with E-state index in [1.165, 1.54) is 0 Å². The van der Waals surface area contributed by atoms with Gasteiger partial charge in [0, 0.05) is 17.8 Å². The number of benzene rings is 1. The molecule has 1 aromatic rings. The summed E-state index contributed by atoms with van der Waals surface area (Å²) >= 11 is 0. The SMILES string of the molecule is CCCCC(C)NC(=O)c1ccc(OC)cc1N. The Bertz CT molecular complexity index is 405. The zero-order valence-corrected chi connectivity index (χ0v) is 11.3. The minimum atomic E-state index is -0.126. The summed E-state index contributed by atoms with van der Waals surface area (Å²) in [6.07, 6.45) is 3.22. The van der Waals surface area contributed by atoms with E-state index in [1.807, 2.05) is 6.92 Å². The van der Waals surface area contributed by atoms with Crippen molar-refractivity contribution in [2.75, 3.05) is 12.8 Å². The van der Waals surface area contributed by atoms with Gasteiger partial charge in [-0.1, -0.05) is 19.8 Å². The molecule has 0 aliphatic carbocycles. The molecule has 18 heavy (non-hydrogen) atoms. The molecule has 4 heteroatoms. The molecule has 1 aromatic carbocycles. The Labute approximate surface area is 109 Å². The number of rotatable bonds is 6. The maximum Gasteiger partial charge on any atom is 0.253 e. The molecule has 1 unspecified atom stereocenters. The van der Waals surface area contributed by atoms with Crippen LogP contribution in [0.5, 0.6) is 5.75 Å². The summed E-state index contributed by atoms with van der Waals surface area (Å²) < 4.78 is 5.05. The van der Waals surface area contributed by atoms with E-state index in [-0.39, 0.29) is 11.9 Å². The highest BCUT2D eigenvalue weighted by Gasteiger charge is 2.12. The van der Waals surface area contributed by atoms with Crippen LogP contribution in [0.1, 0.15) is 43.5 Å². The van der Waals surface area contributed by atoms with Crippen molar-refractivity contribution in [3.05, 3.63) is 23.8 Å². The second kappa shape index (κ2) is 6.89. The van der Waals surface area contributed by atoms with Gasteiger partial charge in [-0.25, -0.2) is 0 Å². The van der Waals surface area contributed by atoms with E-state index in [0.717, 1.165) is 19.3 Å². The largest absolute Gasteiger partial charge is 0.497 e. The molecule has 1 amide bonds. The number of nitrogen functional groups attached to an aromatic ring is 1. The van der Waals surface area contributed by atoms with E-state index in [0.29, 0.717) is 17.0 Å². The Morgan fingerprint density at radius 2 is 2.22 bits per heavy atom. The first kappa shape index (κ1) is 14.4. The molecule has 100 valence electrons. The maximum absolute atomic E-state index is 12.0. The van der Waals surface area contributed by atoms with Crippen molar-refractivity contribution < 1.29 is 9.53 Å². The summed E-state index contributed by atoms with van der Waals surface area (Å²) in [6.45, 7) is 4.14. The lowest BCUT2D eigenvalue weighted by molar-refractivity contribution is 0.0939. The van der Waals surface area contributed by atoms with Crippen LogP contribution >= 0.6 is 0 Å². The van der Waals surface area contributed by atoms with Gasteiger partial charge in [-0.3, -0.25) is 4.79 Å². The first-order chi connectivity index (χ1) is 8.58. The van der Waals surface area contributed by atoms with Gasteiger partial charge in [0.1, 0.15) is 5.75 Å². The number of anilines is 1. The summed E-state index contributed by atoms with van der Waals surface area (Å²) in [5, 5.41) is 2.95. The highest BCUT2D eigenvalue weighted by atomic mass is 16.5. The normalized spacial score (nSPS) is 11.9. The van der Waals surface area contributed by atoms with Gasteiger partial charge in [-0.15, -0.1) is 0 Å². The Morgan fingerprint density at radius 1 is 1.50 bits per heavy atom. The van der Waals surface area contributed by atoms with Gasteiger partial charge in [-0.2, -0.15) is 0 Å². The molecule has 0 aliphatic rings. The monoisotopic (exact) mass is 250 g/mol. The van der Waals surface area contributed by atoms with Crippen LogP contribution in [0.25, 0.3) is 0 Å². The van der Waals surface area contributed by atoms with Crippen LogP contribution in [0.2, 0.25) is 0 Å². The van der Waals surface area contributed by atoms with E-state index >= 15 is 0 Å². The molecule has 4 nitrogen and oxygen atoms in total. The summed E-state index contributed by atoms with van der Waals surface area (Å²) in [4.78, 5) is 12.0. The molecule has 1 rings (SSSR count). The van der Waals surface area contributed by atoms with Gasteiger partial charge in [0.25, 0.3) is 5.91 Å². The average Bonchev–Trinajstić information content (AvgIpc) is 2.35. The molecule has 0 fully saturated rings. The Hall–Kier alpha value is -1.71. The zero-order valence-electron chi connectivity index (χ0n) is 11.3. The molecular weight excluding hydrogens is 228 g/mol. The van der Waals surface area contributed by atoms with Gasteiger partial charge >= 0.3 is 0 Å². The van der Waals surface area contributed by atoms with Crippen molar-refractivity contribution in [2.24, 2.45) is 0 Å². The highest BCUT2D eigenvalue weighted by molar-refractivity contribution is 5.99. The fourth-order valence-electron chi connectivity index (χ4n) is 1.76. The molecule has 0 saturated heterocycles. The van der Waals surface area contributed by atoms with Crippen molar-refractivity contribution >= 4 is 11.6 Å². The van der Waals surface area contributed by atoms with Crippen LogP contribution < -0.4 is 15.8 Å². The number of carbonyl (C=O) groups is 1. The van der Waals surface area contributed by atoms with Gasteiger partial charge in [-0.05, 0) is 25.5 Å². The summed E-state index contributed by atoms with van der Waals surface area (Å²) in [5.74, 6) is 0.529. The lowest BCUT2D eigenvalue weighted by Gasteiger charge is -2.14. The number of carbonyl (C=O) groups excluding carboxylic acids is 1. The zero-order chi connectivity index (χ0) is 13.5. The summed E-state index contributed by atoms with van der Waals surface area (Å²) in [5.41, 5.74) is 6.77. The molecular formula is C14H22N2O2. The van der Waals surface area contributed by atoms with Gasteiger partial charge in [0.05, 0.1) is 12.7 Å². The Balaban J connectivity index is 2.66. The summed E-state index contributed by atoms with van der Waals surface area (Å²) in [6, 6.07) is 5.25. The van der Waals surface area contributed by atoms with Crippen LogP contribution in [-0.2, 0) is 0 Å². The van der Waals surface area contributed by atoms with Crippen molar-refractivity contribution in [1.29, 1.82) is 0 Å². The standard InChI is InChI=1S/C14H22N2O2/c1-4-5-6-10(2)16-14(17)12-8-7-11(18-3)9-13(12)15/h7-10H,4-6,15H2,1-3H3,(H,16,17). The first-order valence-electron chi connectivity index (χ1n) is 6.32. The van der Waals surface area contributed by atoms with E-state index in [2.05, 4.69) is 12.2 Å². The second-order valence-corrected chi connectivity index (χ2v) is 4.47. The topological polar surface area (TPSA) is 64.3 Å². The van der Waals surface area contributed by atoms with Crippen LogP contribution in [0.3, 0.4) is 0 Å². The van der Waals surface area contributed by atoms with Crippen molar-refractivity contribution in [2.45, 2.75) is 39.2 Å². The number of unbranched alkanes of at least 4 members (excludes halogenated alkanes) is 1. The minimum absolute atomic E-state index is 0.126. The van der Waals surface area contributed by atoms with Crippen molar-refractivity contribution in [3.63, 3.8) is 0 Å². The number of hydrogen-bond acceptors (Lipinski definition) is 3. The predicted octanol–water partition coefficient (Wildman–Crippen LogP) is 2.59. The third-order valence-corrected chi connectivity index (χ3v) is 2.87. The number of amides is 1. The van der Waals surface area contributed by atoms with Gasteiger partial charge < -0.3 is 15.8 Å². The molecule has 0 heterocycles. The Kier molecular flexibility index (Phi) is 5.49. The number of hydrogen-bond donors (Lipinski definition) is 2. The fraction of sp³-hybridized carbons (Fsp3) is 0.500. The lowest BCUT2D eigenvalue weighted by atomic mass is 10.1. The number of nitrogens with two attached hydrogens (primary N) is 1. The number of methoxy groups -OCH3 is 1. The summed E-state index contributed by atoms with van der Waals surface area (Å²) in [7, 11) is 1.57. The fourth-order valence-corrected chi connectivity index (χ4v) is 1.76. The van der Waals surface area contributed by atoms with Crippen molar-refractivity contribution in [3.8, 4) is 5.75 Å². The maximum atomic E-state index is 12.0. The van der Waals surface area contributed by atoms with Crippen LogP contribution in [0.4, 0.5) is 5.69 Å². The number of ether oxygens (including phenoxy) is 1. The van der Waals surface area contributed by atoms with E-state index < -0.39 is 0 Å². The van der Waals surface area contributed by atoms with E-state index in [1.54, 1.807) is 25.3 Å². The predicted molar refractivity (Wildman–Crippen MR) is 73.9 cm³/mol. The third-order valence-electron chi connectivity index (χ3n) is 2.87. The first-order valence-corrected chi connectivity index (χ1v) is 6.32. The lowest BCUT2D eigenvalue weighted by Crippen LogP contribution is -2.32. The average molecular weight is 250 g/mol. The molecule has 0 aliphatic heterocycles. The molecule has 0 radical (unpaired) electrons.